The average molecular weight is 425 g/mol. The molecule has 3 aromatic rings. The van der Waals surface area contributed by atoms with Crippen LogP contribution in [0.1, 0.15) is 27.5 Å². The highest BCUT2D eigenvalue weighted by atomic mass is 32.2. The number of ether oxygens (including phenoxy) is 1. The molecule has 156 valence electrons. The first-order valence-corrected chi connectivity index (χ1v) is 10.8. The maximum absolute atomic E-state index is 13.1. The van der Waals surface area contributed by atoms with Crippen molar-refractivity contribution in [3.05, 3.63) is 95.6 Å². The van der Waals surface area contributed by atoms with Gasteiger partial charge in [-0.3, -0.25) is 4.79 Å². The van der Waals surface area contributed by atoms with Crippen LogP contribution in [0.3, 0.4) is 0 Å². The van der Waals surface area contributed by atoms with Crippen LogP contribution in [0.4, 0.5) is 0 Å². The molecule has 0 unspecified atom stereocenters. The van der Waals surface area contributed by atoms with Gasteiger partial charge in [-0.15, -0.1) is 0 Å². The van der Waals surface area contributed by atoms with Gasteiger partial charge in [-0.05, 0) is 29.3 Å². The zero-order chi connectivity index (χ0) is 21.7. The van der Waals surface area contributed by atoms with Crippen LogP contribution in [0.5, 0.6) is 5.75 Å². The molecule has 0 aliphatic carbocycles. The van der Waals surface area contributed by atoms with Gasteiger partial charge in [-0.1, -0.05) is 60.7 Å². The fraction of sp³-hybridized carbons (Fsp3) is 0.174. The van der Waals surface area contributed by atoms with Crippen LogP contribution < -0.4 is 10.1 Å². The Morgan fingerprint density at radius 3 is 1.90 bits per heavy atom. The SMILES string of the molecule is COc1ccc(C(=O)NC(c2ccccc2)c2ccccc2)cc1S(=O)(=O)N(C)C. The molecule has 7 heteroatoms. The lowest BCUT2D eigenvalue weighted by Crippen LogP contribution is -2.30. The van der Waals surface area contributed by atoms with Crippen LogP contribution in [-0.4, -0.2) is 39.8 Å². The molecule has 0 aromatic heterocycles. The highest BCUT2D eigenvalue weighted by Gasteiger charge is 2.25. The van der Waals surface area contributed by atoms with Crippen molar-refractivity contribution in [2.45, 2.75) is 10.9 Å². The minimum absolute atomic E-state index is 0.0568. The third-order valence-corrected chi connectivity index (χ3v) is 6.56. The molecule has 0 heterocycles. The topological polar surface area (TPSA) is 75.7 Å². The second-order valence-electron chi connectivity index (χ2n) is 6.88. The van der Waals surface area contributed by atoms with Gasteiger partial charge >= 0.3 is 0 Å². The Bertz CT molecular complexity index is 1070. The summed E-state index contributed by atoms with van der Waals surface area (Å²) in [5.74, 6) is -0.200. The first-order valence-electron chi connectivity index (χ1n) is 9.36. The minimum atomic E-state index is -3.78. The Kier molecular flexibility index (Phi) is 6.54. The number of carbonyl (C=O) groups is 1. The molecule has 1 N–H and O–H groups in total. The molecule has 6 nitrogen and oxygen atoms in total. The lowest BCUT2D eigenvalue weighted by molar-refractivity contribution is 0.0942. The first kappa shape index (κ1) is 21.5. The van der Waals surface area contributed by atoms with E-state index >= 15 is 0 Å². The molecular weight excluding hydrogens is 400 g/mol. The Hall–Kier alpha value is -3.16. The number of hydrogen-bond donors (Lipinski definition) is 1. The predicted molar refractivity (Wildman–Crippen MR) is 116 cm³/mol. The van der Waals surface area contributed by atoms with Gasteiger partial charge in [0.2, 0.25) is 10.0 Å². The fourth-order valence-corrected chi connectivity index (χ4v) is 4.16. The van der Waals surface area contributed by atoms with Crippen LogP contribution in [0.25, 0.3) is 0 Å². The number of amides is 1. The summed E-state index contributed by atoms with van der Waals surface area (Å²) in [6.45, 7) is 0. The number of rotatable bonds is 7. The molecule has 1 amide bonds. The molecule has 0 spiro atoms. The maximum atomic E-state index is 13.1. The molecule has 0 aliphatic rings. The molecule has 0 saturated heterocycles. The Balaban J connectivity index is 1.99. The molecule has 0 aliphatic heterocycles. The van der Waals surface area contributed by atoms with Crippen LogP contribution in [0.15, 0.2) is 83.8 Å². The summed E-state index contributed by atoms with van der Waals surface area (Å²) in [4.78, 5) is 13.0. The van der Waals surface area contributed by atoms with Gasteiger partial charge in [0.25, 0.3) is 5.91 Å². The van der Waals surface area contributed by atoms with E-state index in [2.05, 4.69) is 5.32 Å². The molecule has 0 atom stereocenters. The molecule has 0 bridgehead atoms. The summed E-state index contributed by atoms with van der Waals surface area (Å²) in [5, 5.41) is 3.02. The van der Waals surface area contributed by atoms with Gasteiger partial charge < -0.3 is 10.1 Å². The van der Waals surface area contributed by atoms with Crippen molar-refractivity contribution in [1.29, 1.82) is 0 Å². The van der Waals surface area contributed by atoms with E-state index in [1.54, 1.807) is 6.07 Å². The van der Waals surface area contributed by atoms with E-state index in [4.69, 9.17) is 4.74 Å². The zero-order valence-corrected chi connectivity index (χ0v) is 17.9. The van der Waals surface area contributed by atoms with E-state index in [0.717, 1.165) is 15.4 Å². The van der Waals surface area contributed by atoms with Crippen LogP contribution in [0.2, 0.25) is 0 Å². The Morgan fingerprint density at radius 1 is 0.900 bits per heavy atom. The fourth-order valence-electron chi connectivity index (χ4n) is 3.08. The standard InChI is InChI=1S/C23H24N2O4S/c1-25(2)30(27,28)21-16-19(14-15-20(21)29-3)23(26)24-22(17-10-6-4-7-11-17)18-12-8-5-9-13-18/h4-16,22H,1-3H3,(H,24,26). The van der Waals surface area contributed by atoms with Crippen molar-refractivity contribution >= 4 is 15.9 Å². The van der Waals surface area contributed by atoms with Gasteiger partial charge in [0.05, 0.1) is 13.2 Å². The molecule has 0 radical (unpaired) electrons. The van der Waals surface area contributed by atoms with Crippen LogP contribution in [0, 0.1) is 0 Å². The molecule has 3 aromatic carbocycles. The summed E-state index contributed by atoms with van der Waals surface area (Å²) < 4.78 is 31.6. The van der Waals surface area contributed by atoms with E-state index < -0.39 is 10.0 Å². The molecule has 3 rings (SSSR count). The number of hydrogen-bond acceptors (Lipinski definition) is 4. The quantitative estimate of drug-likeness (QED) is 0.630. The van der Waals surface area contributed by atoms with E-state index in [-0.39, 0.29) is 28.2 Å². The smallest absolute Gasteiger partial charge is 0.252 e. The van der Waals surface area contributed by atoms with Crippen molar-refractivity contribution in [2.24, 2.45) is 0 Å². The van der Waals surface area contributed by atoms with E-state index in [9.17, 15) is 13.2 Å². The van der Waals surface area contributed by atoms with Gasteiger partial charge in [0.15, 0.2) is 0 Å². The number of benzene rings is 3. The normalized spacial score (nSPS) is 11.5. The molecule has 0 saturated carbocycles. The summed E-state index contributed by atoms with van der Waals surface area (Å²) in [6, 6.07) is 23.2. The second-order valence-corrected chi connectivity index (χ2v) is 9.00. The summed E-state index contributed by atoms with van der Waals surface area (Å²) in [5.41, 5.74) is 2.08. The lowest BCUT2D eigenvalue weighted by Gasteiger charge is -2.21. The molecular formula is C23H24N2O4S. The number of carbonyl (C=O) groups excluding carboxylic acids is 1. The lowest BCUT2D eigenvalue weighted by atomic mass is 9.98. The number of nitrogens with zero attached hydrogens (tertiary/aromatic N) is 1. The Labute approximate surface area is 177 Å². The average Bonchev–Trinajstić information content (AvgIpc) is 2.77. The van der Waals surface area contributed by atoms with Crippen molar-refractivity contribution < 1.29 is 17.9 Å². The van der Waals surface area contributed by atoms with E-state index in [1.165, 1.54) is 33.3 Å². The number of nitrogens with one attached hydrogen (secondary N) is 1. The number of sulfonamides is 1. The first-order chi connectivity index (χ1) is 14.3. The van der Waals surface area contributed by atoms with Gasteiger partial charge in [-0.25, -0.2) is 12.7 Å². The third-order valence-electron chi connectivity index (χ3n) is 4.73. The predicted octanol–water partition coefficient (Wildman–Crippen LogP) is 3.46. The highest BCUT2D eigenvalue weighted by molar-refractivity contribution is 7.89. The molecule has 0 fully saturated rings. The highest BCUT2D eigenvalue weighted by Crippen LogP contribution is 2.28. The minimum Gasteiger partial charge on any atom is -0.495 e. The monoisotopic (exact) mass is 424 g/mol. The van der Waals surface area contributed by atoms with Crippen molar-refractivity contribution in [1.82, 2.24) is 9.62 Å². The van der Waals surface area contributed by atoms with E-state index in [1.807, 2.05) is 60.7 Å². The largest absolute Gasteiger partial charge is 0.495 e. The maximum Gasteiger partial charge on any atom is 0.252 e. The van der Waals surface area contributed by atoms with Crippen molar-refractivity contribution in [2.75, 3.05) is 21.2 Å². The van der Waals surface area contributed by atoms with Gasteiger partial charge in [0.1, 0.15) is 10.6 Å². The molecule has 30 heavy (non-hydrogen) atoms. The second kappa shape index (κ2) is 9.11. The van der Waals surface area contributed by atoms with E-state index in [0.29, 0.717) is 0 Å². The summed E-state index contributed by atoms with van der Waals surface area (Å²) >= 11 is 0. The van der Waals surface area contributed by atoms with Crippen molar-refractivity contribution in [3.63, 3.8) is 0 Å². The zero-order valence-electron chi connectivity index (χ0n) is 17.1. The number of methoxy groups -OCH3 is 1. The third kappa shape index (κ3) is 4.53. The van der Waals surface area contributed by atoms with Crippen molar-refractivity contribution in [3.8, 4) is 5.75 Å². The van der Waals surface area contributed by atoms with Crippen LogP contribution in [-0.2, 0) is 10.0 Å². The van der Waals surface area contributed by atoms with Crippen LogP contribution >= 0.6 is 0 Å². The Morgan fingerprint density at radius 2 is 1.43 bits per heavy atom. The summed E-state index contributed by atoms with van der Waals surface area (Å²) in [7, 11) is 0.479. The summed E-state index contributed by atoms with van der Waals surface area (Å²) in [6.07, 6.45) is 0. The van der Waals surface area contributed by atoms with Gasteiger partial charge in [0, 0.05) is 19.7 Å². The van der Waals surface area contributed by atoms with Gasteiger partial charge in [-0.2, -0.15) is 0 Å².